The van der Waals surface area contributed by atoms with Crippen LogP contribution in [0.3, 0.4) is 0 Å². The summed E-state index contributed by atoms with van der Waals surface area (Å²) in [6.45, 7) is 5.17. The van der Waals surface area contributed by atoms with E-state index in [2.05, 4.69) is 0 Å². The quantitative estimate of drug-likeness (QED) is 0.313. The van der Waals surface area contributed by atoms with Gasteiger partial charge in [0.05, 0.1) is 20.8 Å². The number of carbonyl (C=O) groups is 2. The molecule has 3 aromatic rings. The van der Waals surface area contributed by atoms with E-state index in [0.29, 0.717) is 36.7 Å². The molecule has 0 fully saturated rings. The predicted octanol–water partition coefficient (Wildman–Crippen LogP) is 5.68. The number of amides is 2. The molecule has 0 aliphatic carbocycles. The molecule has 0 spiro atoms. The summed E-state index contributed by atoms with van der Waals surface area (Å²) in [7, 11) is 3.06. The van der Waals surface area contributed by atoms with Gasteiger partial charge in [-0.3, -0.25) is 9.59 Å². The fourth-order valence-electron chi connectivity index (χ4n) is 3.76. The Balaban J connectivity index is 1.86. The van der Waals surface area contributed by atoms with E-state index in [9.17, 15) is 14.0 Å². The Morgan fingerprint density at radius 3 is 2.17 bits per heavy atom. The van der Waals surface area contributed by atoms with Gasteiger partial charge in [-0.05, 0) is 60.2 Å². The summed E-state index contributed by atoms with van der Waals surface area (Å²) >= 11 is 1.59. The summed E-state index contributed by atoms with van der Waals surface area (Å²) in [6.07, 6.45) is 1.65. The molecular formula is C28H33FN2O4S. The van der Waals surface area contributed by atoms with Crippen LogP contribution in [0.25, 0.3) is 0 Å². The zero-order chi connectivity index (χ0) is 26.1. The Bertz CT molecular complexity index is 1140. The maximum absolute atomic E-state index is 13.6. The molecule has 0 radical (unpaired) electrons. The molecule has 1 aromatic heterocycles. The summed E-state index contributed by atoms with van der Waals surface area (Å²) < 4.78 is 24.1. The summed E-state index contributed by atoms with van der Waals surface area (Å²) in [6, 6.07) is 13.2. The molecule has 3 rings (SSSR count). The average molecular weight is 513 g/mol. The van der Waals surface area contributed by atoms with E-state index in [1.54, 1.807) is 51.5 Å². The van der Waals surface area contributed by atoms with Crippen LogP contribution in [0.2, 0.25) is 0 Å². The summed E-state index contributed by atoms with van der Waals surface area (Å²) in [4.78, 5) is 31.5. The molecule has 36 heavy (non-hydrogen) atoms. The number of methoxy groups -OCH3 is 2. The second kappa shape index (κ2) is 13.1. The Labute approximate surface area is 216 Å². The van der Waals surface area contributed by atoms with Crippen molar-refractivity contribution in [3.63, 3.8) is 0 Å². The monoisotopic (exact) mass is 512 g/mol. The van der Waals surface area contributed by atoms with Gasteiger partial charge in [-0.25, -0.2) is 4.39 Å². The number of hydrogen-bond acceptors (Lipinski definition) is 5. The first-order valence-electron chi connectivity index (χ1n) is 11.9. The van der Waals surface area contributed by atoms with Crippen molar-refractivity contribution in [2.45, 2.75) is 39.8 Å². The van der Waals surface area contributed by atoms with Crippen molar-refractivity contribution in [3.05, 3.63) is 81.3 Å². The van der Waals surface area contributed by atoms with E-state index < -0.39 is 0 Å². The molecule has 8 heteroatoms. The molecule has 6 nitrogen and oxygen atoms in total. The molecule has 0 saturated heterocycles. The second-order valence-electron chi connectivity index (χ2n) is 8.58. The highest BCUT2D eigenvalue weighted by Gasteiger charge is 2.24. The third-order valence-corrected chi connectivity index (χ3v) is 6.94. The number of rotatable bonds is 12. The highest BCUT2D eigenvalue weighted by molar-refractivity contribution is 7.10. The number of thiophene rings is 1. The molecule has 2 amide bonds. The van der Waals surface area contributed by atoms with E-state index in [0.717, 1.165) is 28.8 Å². The third-order valence-electron chi connectivity index (χ3n) is 5.94. The van der Waals surface area contributed by atoms with E-state index in [1.165, 1.54) is 26.4 Å². The smallest absolute Gasteiger partial charge is 0.254 e. The molecule has 0 aliphatic heterocycles. The van der Waals surface area contributed by atoms with Crippen LogP contribution < -0.4 is 9.47 Å². The minimum Gasteiger partial charge on any atom is -0.497 e. The largest absolute Gasteiger partial charge is 0.497 e. The van der Waals surface area contributed by atoms with Crippen molar-refractivity contribution >= 4 is 23.2 Å². The van der Waals surface area contributed by atoms with Crippen molar-refractivity contribution < 1.29 is 23.5 Å². The normalized spacial score (nSPS) is 10.7. The second-order valence-corrected chi connectivity index (χ2v) is 9.59. The van der Waals surface area contributed by atoms with Crippen molar-refractivity contribution in [2.75, 3.05) is 27.3 Å². The van der Waals surface area contributed by atoms with Gasteiger partial charge in [0.1, 0.15) is 23.9 Å². The fraction of sp³-hybridized carbons (Fsp3) is 0.357. The Hall–Kier alpha value is -3.39. The van der Waals surface area contributed by atoms with Crippen LogP contribution in [0.1, 0.15) is 46.1 Å². The Morgan fingerprint density at radius 2 is 1.61 bits per heavy atom. The van der Waals surface area contributed by atoms with Gasteiger partial charge in [0, 0.05) is 29.6 Å². The Morgan fingerprint density at radius 1 is 0.944 bits per heavy atom. The predicted molar refractivity (Wildman–Crippen MR) is 140 cm³/mol. The first kappa shape index (κ1) is 27.2. The first-order chi connectivity index (χ1) is 17.3. The molecule has 0 atom stereocenters. The molecule has 2 aromatic carbocycles. The van der Waals surface area contributed by atoms with Crippen molar-refractivity contribution in [3.8, 4) is 11.5 Å². The number of nitrogens with zero attached hydrogens (tertiary/aromatic N) is 2. The topological polar surface area (TPSA) is 59.1 Å². The Kier molecular flexibility index (Phi) is 9.87. The molecule has 0 saturated carbocycles. The van der Waals surface area contributed by atoms with Crippen LogP contribution in [0.15, 0.2) is 53.9 Å². The maximum atomic E-state index is 13.6. The average Bonchev–Trinajstić information content (AvgIpc) is 3.30. The van der Waals surface area contributed by atoms with Gasteiger partial charge in [0.15, 0.2) is 0 Å². The minimum atomic E-state index is -0.323. The fourth-order valence-corrected chi connectivity index (χ4v) is 4.68. The summed E-state index contributed by atoms with van der Waals surface area (Å²) in [5, 5.41) is 2.00. The van der Waals surface area contributed by atoms with Crippen LogP contribution in [0, 0.1) is 12.7 Å². The highest BCUT2D eigenvalue weighted by Crippen LogP contribution is 2.24. The number of carbonyl (C=O) groups excluding carboxylic acids is 2. The first-order valence-corrected chi connectivity index (χ1v) is 12.8. The van der Waals surface area contributed by atoms with Crippen LogP contribution in [-0.4, -0.2) is 48.9 Å². The van der Waals surface area contributed by atoms with Crippen molar-refractivity contribution in [1.82, 2.24) is 9.80 Å². The van der Waals surface area contributed by atoms with E-state index in [-0.39, 0.29) is 24.2 Å². The summed E-state index contributed by atoms with van der Waals surface area (Å²) in [5.74, 6) is 0.251. The SMILES string of the molecule is CCCCN(CC(=O)N(Cc1ccc(F)cc1)Cc1sccc1C)C(=O)c1cc(OC)cc(OC)c1. The molecule has 0 bridgehead atoms. The van der Waals surface area contributed by atoms with Gasteiger partial charge in [0.2, 0.25) is 5.91 Å². The molecule has 0 aliphatic rings. The highest BCUT2D eigenvalue weighted by atomic mass is 32.1. The standard InChI is InChI=1S/C28H33FN2O4S/c1-5-6-12-30(28(33)22-14-24(34-3)16-25(15-22)35-4)19-27(32)31(18-26-20(2)11-13-36-26)17-21-7-9-23(29)10-8-21/h7-11,13-16H,5-6,12,17-19H2,1-4H3. The van der Waals surface area contributed by atoms with Gasteiger partial charge in [0.25, 0.3) is 5.91 Å². The summed E-state index contributed by atoms with van der Waals surface area (Å²) in [5.41, 5.74) is 2.33. The zero-order valence-corrected chi connectivity index (χ0v) is 22.1. The number of halogens is 1. The van der Waals surface area contributed by atoms with Crippen molar-refractivity contribution in [2.24, 2.45) is 0 Å². The molecule has 0 unspecified atom stereocenters. The van der Waals surface area contributed by atoms with E-state index in [4.69, 9.17) is 9.47 Å². The van der Waals surface area contributed by atoms with Gasteiger partial charge >= 0.3 is 0 Å². The van der Waals surface area contributed by atoms with E-state index in [1.807, 2.05) is 25.3 Å². The number of benzene rings is 2. The van der Waals surface area contributed by atoms with Gasteiger partial charge in [-0.1, -0.05) is 25.5 Å². The lowest BCUT2D eigenvalue weighted by Gasteiger charge is -2.28. The molecule has 0 N–H and O–H groups in total. The number of unbranched alkanes of at least 4 members (excludes halogenated alkanes) is 1. The van der Waals surface area contributed by atoms with Crippen molar-refractivity contribution in [1.29, 1.82) is 0 Å². The van der Waals surface area contributed by atoms with Crippen LogP contribution in [-0.2, 0) is 17.9 Å². The lowest BCUT2D eigenvalue weighted by molar-refractivity contribution is -0.133. The van der Waals surface area contributed by atoms with Gasteiger partial charge < -0.3 is 19.3 Å². The molecule has 192 valence electrons. The van der Waals surface area contributed by atoms with Crippen LogP contribution in [0.4, 0.5) is 4.39 Å². The molecular weight excluding hydrogens is 479 g/mol. The number of aryl methyl sites for hydroxylation is 1. The number of hydrogen-bond donors (Lipinski definition) is 0. The van der Waals surface area contributed by atoms with Gasteiger partial charge in [-0.15, -0.1) is 11.3 Å². The minimum absolute atomic E-state index is 0.0655. The maximum Gasteiger partial charge on any atom is 0.254 e. The lowest BCUT2D eigenvalue weighted by atomic mass is 10.1. The zero-order valence-electron chi connectivity index (χ0n) is 21.3. The van der Waals surface area contributed by atoms with Crippen LogP contribution in [0.5, 0.6) is 11.5 Å². The van der Waals surface area contributed by atoms with Crippen LogP contribution >= 0.6 is 11.3 Å². The third kappa shape index (κ3) is 7.31. The van der Waals surface area contributed by atoms with Gasteiger partial charge in [-0.2, -0.15) is 0 Å². The van der Waals surface area contributed by atoms with E-state index >= 15 is 0 Å². The lowest BCUT2D eigenvalue weighted by Crippen LogP contribution is -2.43. The molecule has 1 heterocycles. The number of ether oxygens (including phenoxy) is 2.